The van der Waals surface area contributed by atoms with E-state index in [1.54, 1.807) is 0 Å². The number of nitrogens with two attached hydrogens (primary N) is 1. The molecule has 2 heterocycles. The van der Waals surface area contributed by atoms with E-state index in [4.69, 9.17) is 10.5 Å². The van der Waals surface area contributed by atoms with Crippen molar-refractivity contribution in [1.29, 1.82) is 0 Å². The molecule has 1 aromatic carbocycles. The molecule has 0 fully saturated rings. The van der Waals surface area contributed by atoms with Crippen molar-refractivity contribution in [1.82, 2.24) is 20.0 Å². The minimum absolute atomic E-state index is 0.0740. The maximum Gasteiger partial charge on any atom is 0.246 e. The summed E-state index contributed by atoms with van der Waals surface area (Å²) in [5, 5.41) is 7.47. The number of nitrogens with zero attached hydrogens (tertiary/aromatic N) is 3. The molecule has 7 heteroatoms. The first-order valence-electron chi connectivity index (χ1n) is 9.49. The monoisotopic (exact) mass is 371 g/mol. The van der Waals surface area contributed by atoms with Crippen molar-refractivity contribution in [2.45, 2.75) is 39.0 Å². The number of hydrogen-bond acceptors (Lipinski definition) is 5. The zero-order valence-electron chi connectivity index (χ0n) is 16.0. The molecule has 3 N–H and O–H groups in total. The number of carbonyl (C=O) groups excluding carboxylic acids is 1. The van der Waals surface area contributed by atoms with Gasteiger partial charge in [0.1, 0.15) is 6.61 Å². The first-order chi connectivity index (χ1) is 13.2. The fourth-order valence-electron chi connectivity index (χ4n) is 3.49. The molecule has 2 aromatic rings. The highest BCUT2D eigenvalue weighted by Gasteiger charge is 2.17. The Labute approximate surface area is 160 Å². The molecule has 1 aliphatic rings. The lowest BCUT2D eigenvalue weighted by Gasteiger charge is -2.20. The first kappa shape index (κ1) is 19.5. The van der Waals surface area contributed by atoms with E-state index in [-0.39, 0.29) is 12.5 Å². The van der Waals surface area contributed by atoms with Gasteiger partial charge in [0.15, 0.2) is 0 Å². The summed E-state index contributed by atoms with van der Waals surface area (Å²) < 4.78 is 6.90. The molecule has 1 aliphatic heterocycles. The second kappa shape index (κ2) is 9.64. The standard InChI is InChI=1S/C20H29N5O2/c1-27-15-20(26)22-12-18-11-19-14-24(8-3-9-25(19)23-18)13-17-5-2-4-16(10-17)6-7-21/h2,4-5,10-11H,3,6-9,12-15,21H2,1H3,(H,22,26). The third-order valence-corrected chi connectivity index (χ3v) is 4.72. The molecule has 27 heavy (non-hydrogen) atoms. The predicted molar refractivity (Wildman–Crippen MR) is 104 cm³/mol. The van der Waals surface area contributed by atoms with Gasteiger partial charge in [0.2, 0.25) is 5.91 Å². The van der Waals surface area contributed by atoms with Gasteiger partial charge in [-0.15, -0.1) is 0 Å². The summed E-state index contributed by atoms with van der Waals surface area (Å²) in [5.41, 5.74) is 10.4. The predicted octanol–water partition coefficient (Wildman–Crippen LogP) is 1.05. The van der Waals surface area contributed by atoms with Gasteiger partial charge in [-0.3, -0.25) is 14.4 Å². The molecule has 0 aliphatic carbocycles. The number of fused-ring (bicyclic) bond motifs is 1. The van der Waals surface area contributed by atoms with Gasteiger partial charge in [0.25, 0.3) is 0 Å². The number of methoxy groups -OCH3 is 1. The highest BCUT2D eigenvalue weighted by Crippen LogP contribution is 2.17. The third kappa shape index (κ3) is 5.63. The molecule has 0 saturated carbocycles. The summed E-state index contributed by atoms with van der Waals surface area (Å²) >= 11 is 0. The van der Waals surface area contributed by atoms with Gasteiger partial charge < -0.3 is 15.8 Å². The molecule has 0 spiro atoms. The quantitative estimate of drug-likeness (QED) is 0.725. The van der Waals surface area contributed by atoms with E-state index in [0.29, 0.717) is 13.1 Å². The van der Waals surface area contributed by atoms with Gasteiger partial charge in [-0.1, -0.05) is 24.3 Å². The smallest absolute Gasteiger partial charge is 0.246 e. The average molecular weight is 371 g/mol. The van der Waals surface area contributed by atoms with Crippen molar-refractivity contribution in [2.75, 3.05) is 26.8 Å². The molecule has 0 bridgehead atoms. The molecule has 0 radical (unpaired) electrons. The van der Waals surface area contributed by atoms with Crippen molar-refractivity contribution in [3.05, 3.63) is 52.8 Å². The number of amides is 1. The second-order valence-corrected chi connectivity index (χ2v) is 6.98. The van der Waals surface area contributed by atoms with Gasteiger partial charge in [-0.25, -0.2) is 0 Å². The largest absolute Gasteiger partial charge is 0.375 e. The normalized spacial score (nSPS) is 14.6. The Morgan fingerprint density at radius 2 is 2.15 bits per heavy atom. The van der Waals surface area contributed by atoms with E-state index in [1.165, 1.54) is 23.9 Å². The number of nitrogens with one attached hydrogen (secondary N) is 1. The van der Waals surface area contributed by atoms with Crippen LogP contribution in [0.2, 0.25) is 0 Å². The maximum atomic E-state index is 11.6. The second-order valence-electron chi connectivity index (χ2n) is 6.98. The van der Waals surface area contributed by atoms with E-state index in [1.807, 2.05) is 0 Å². The Morgan fingerprint density at radius 3 is 2.96 bits per heavy atom. The van der Waals surface area contributed by atoms with Crippen molar-refractivity contribution in [2.24, 2.45) is 5.73 Å². The van der Waals surface area contributed by atoms with Gasteiger partial charge in [0, 0.05) is 33.3 Å². The maximum absolute atomic E-state index is 11.6. The van der Waals surface area contributed by atoms with Crippen molar-refractivity contribution >= 4 is 5.91 Å². The first-order valence-corrected chi connectivity index (χ1v) is 9.49. The molecular formula is C20H29N5O2. The number of aryl methyl sites for hydroxylation is 1. The summed E-state index contributed by atoms with van der Waals surface area (Å²) in [4.78, 5) is 14.0. The Balaban J connectivity index is 1.62. The summed E-state index contributed by atoms with van der Waals surface area (Å²) in [6.45, 7) is 4.92. The van der Waals surface area contributed by atoms with Crippen LogP contribution < -0.4 is 11.1 Å². The Hall–Kier alpha value is -2.22. The van der Waals surface area contributed by atoms with Gasteiger partial charge in [0.05, 0.1) is 17.9 Å². The highest BCUT2D eigenvalue weighted by atomic mass is 16.5. The molecule has 1 amide bonds. The molecule has 0 saturated heterocycles. The van der Waals surface area contributed by atoms with Crippen LogP contribution >= 0.6 is 0 Å². The molecule has 0 atom stereocenters. The SMILES string of the molecule is COCC(=O)NCc1cc2n(n1)CCCN(Cc1cccc(CCN)c1)C2. The Morgan fingerprint density at radius 1 is 1.30 bits per heavy atom. The lowest BCUT2D eigenvalue weighted by molar-refractivity contribution is -0.124. The molecular weight excluding hydrogens is 342 g/mol. The van der Waals surface area contributed by atoms with Crippen molar-refractivity contribution in [3.63, 3.8) is 0 Å². The van der Waals surface area contributed by atoms with Crippen LogP contribution in [0.15, 0.2) is 30.3 Å². The van der Waals surface area contributed by atoms with Crippen LogP contribution in [0.4, 0.5) is 0 Å². The van der Waals surface area contributed by atoms with Crippen LogP contribution in [-0.4, -0.2) is 47.4 Å². The summed E-state index contributed by atoms with van der Waals surface area (Å²) in [6, 6.07) is 10.8. The zero-order chi connectivity index (χ0) is 19.1. The molecule has 146 valence electrons. The minimum Gasteiger partial charge on any atom is -0.375 e. The van der Waals surface area contributed by atoms with Gasteiger partial charge in [-0.05, 0) is 36.6 Å². The zero-order valence-corrected chi connectivity index (χ0v) is 16.0. The highest BCUT2D eigenvalue weighted by molar-refractivity contribution is 5.77. The van der Waals surface area contributed by atoms with Crippen LogP contribution in [-0.2, 0) is 42.1 Å². The number of rotatable bonds is 8. The van der Waals surface area contributed by atoms with Crippen molar-refractivity contribution in [3.8, 4) is 0 Å². The van der Waals surface area contributed by atoms with E-state index < -0.39 is 0 Å². The van der Waals surface area contributed by atoms with E-state index >= 15 is 0 Å². The Bertz CT molecular complexity index is 759. The van der Waals surface area contributed by atoms with E-state index in [9.17, 15) is 4.79 Å². The van der Waals surface area contributed by atoms with Gasteiger partial charge in [-0.2, -0.15) is 5.10 Å². The topological polar surface area (TPSA) is 85.4 Å². The number of hydrogen-bond donors (Lipinski definition) is 2. The van der Waals surface area contributed by atoms with Crippen LogP contribution in [0.5, 0.6) is 0 Å². The van der Waals surface area contributed by atoms with E-state index in [0.717, 1.165) is 44.7 Å². The lowest BCUT2D eigenvalue weighted by atomic mass is 10.1. The summed E-state index contributed by atoms with van der Waals surface area (Å²) in [6.07, 6.45) is 1.98. The third-order valence-electron chi connectivity index (χ3n) is 4.72. The van der Waals surface area contributed by atoms with Crippen LogP contribution in [0.25, 0.3) is 0 Å². The lowest BCUT2D eigenvalue weighted by Crippen LogP contribution is -2.26. The minimum atomic E-state index is -0.125. The fourth-order valence-corrected chi connectivity index (χ4v) is 3.49. The molecule has 1 aromatic heterocycles. The number of carbonyl (C=O) groups is 1. The molecule has 0 unspecified atom stereocenters. The Kier molecular flexibility index (Phi) is 6.98. The molecule has 3 rings (SSSR count). The average Bonchev–Trinajstić information content (AvgIpc) is 2.93. The van der Waals surface area contributed by atoms with Gasteiger partial charge >= 0.3 is 0 Å². The van der Waals surface area contributed by atoms with Crippen LogP contribution in [0.1, 0.15) is 28.9 Å². The van der Waals surface area contributed by atoms with Crippen molar-refractivity contribution < 1.29 is 9.53 Å². The van der Waals surface area contributed by atoms with Crippen LogP contribution in [0, 0.1) is 0 Å². The van der Waals surface area contributed by atoms with Crippen LogP contribution in [0.3, 0.4) is 0 Å². The number of aromatic nitrogens is 2. The van der Waals surface area contributed by atoms with E-state index in [2.05, 4.69) is 50.3 Å². The number of ether oxygens (including phenoxy) is 1. The summed E-state index contributed by atoms with van der Waals surface area (Å²) in [7, 11) is 1.51. The number of benzene rings is 1. The summed E-state index contributed by atoms with van der Waals surface area (Å²) in [5.74, 6) is -0.125. The molecule has 7 nitrogen and oxygen atoms in total. The fraction of sp³-hybridized carbons (Fsp3) is 0.500.